The highest BCUT2D eigenvalue weighted by molar-refractivity contribution is 5.95. The summed E-state index contributed by atoms with van der Waals surface area (Å²) < 4.78 is 0. The third kappa shape index (κ3) is 2.84. The van der Waals surface area contributed by atoms with E-state index < -0.39 is 5.97 Å². The number of hydrogen-bond donors (Lipinski definition) is 1. The molecule has 0 saturated carbocycles. The number of hydrogen-bond acceptors (Lipinski definition) is 4. The van der Waals surface area contributed by atoms with Crippen molar-refractivity contribution in [2.24, 2.45) is 0 Å². The number of rotatable bonds is 3. The Kier molecular flexibility index (Phi) is 3.57. The normalized spacial score (nSPS) is 16.9. The SMILES string of the molecule is Cc1ccc(N2CCN(CC(=O)O)CC2=O)cn1. The van der Waals surface area contributed by atoms with E-state index in [0.717, 1.165) is 11.4 Å². The average molecular weight is 249 g/mol. The predicted octanol–water partition coefficient (Wildman–Crippen LogP) is 0.123. The van der Waals surface area contributed by atoms with Crippen LogP contribution in [0.2, 0.25) is 0 Å². The largest absolute Gasteiger partial charge is 0.480 e. The van der Waals surface area contributed by atoms with Crippen molar-refractivity contribution >= 4 is 17.6 Å². The van der Waals surface area contributed by atoms with E-state index in [2.05, 4.69) is 4.98 Å². The first kappa shape index (κ1) is 12.5. The van der Waals surface area contributed by atoms with Crippen LogP contribution >= 0.6 is 0 Å². The Morgan fingerprint density at radius 2 is 2.22 bits per heavy atom. The average Bonchev–Trinajstić information content (AvgIpc) is 2.30. The highest BCUT2D eigenvalue weighted by atomic mass is 16.4. The molecule has 18 heavy (non-hydrogen) atoms. The van der Waals surface area contributed by atoms with E-state index >= 15 is 0 Å². The molecule has 0 radical (unpaired) electrons. The Morgan fingerprint density at radius 1 is 1.44 bits per heavy atom. The second kappa shape index (κ2) is 5.14. The highest BCUT2D eigenvalue weighted by Gasteiger charge is 2.26. The molecular formula is C12H15N3O3. The molecule has 2 rings (SSSR count). The zero-order valence-electron chi connectivity index (χ0n) is 10.2. The molecule has 2 heterocycles. The van der Waals surface area contributed by atoms with E-state index in [1.165, 1.54) is 0 Å². The summed E-state index contributed by atoms with van der Waals surface area (Å²) in [5.74, 6) is -0.999. The summed E-state index contributed by atoms with van der Waals surface area (Å²) in [5.41, 5.74) is 1.66. The molecule has 1 aliphatic heterocycles. The number of nitrogens with zero attached hydrogens (tertiary/aromatic N) is 3. The summed E-state index contributed by atoms with van der Waals surface area (Å²) in [6, 6.07) is 3.71. The van der Waals surface area contributed by atoms with Gasteiger partial charge in [0.25, 0.3) is 0 Å². The molecule has 0 atom stereocenters. The number of aryl methyl sites for hydroxylation is 1. The molecule has 1 N–H and O–H groups in total. The van der Waals surface area contributed by atoms with E-state index in [-0.39, 0.29) is 19.0 Å². The minimum absolute atomic E-state index is 0.0897. The molecule has 1 fully saturated rings. The third-order valence-electron chi connectivity index (χ3n) is 2.87. The molecule has 0 bridgehead atoms. The van der Waals surface area contributed by atoms with Gasteiger partial charge in [0.15, 0.2) is 0 Å². The van der Waals surface area contributed by atoms with Crippen LogP contribution in [0.4, 0.5) is 5.69 Å². The third-order valence-corrected chi connectivity index (χ3v) is 2.87. The quantitative estimate of drug-likeness (QED) is 0.823. The lowest BCUT2D eigenvalue weighted by molar-refractivity contribution is -0.138. The van der Waals surface area contributed by atoms with E-state index in [0.29, 0.717) is 13.1 Å². The summed E-state index contributed by atoms with van der Waals surface area (Å²) in [4.78, 5) is 29.9. The van der Waals surface area contributed by atoms with Gasteiger partial charge in [0, 0.05) is 18.8 Å². The highest BCUT2D eigenvalue weighted by Crippen LogP contribution is 2.16. The first-order chi connectivity index (χ1) is 8.56. The molecule has 6 heteroatoms. The van der Waals surface area contributed by atoms with Crippen molar-refractivity contribution < 1.29 is 14.7 Å². The van der Waals surface area contributed by atoms with Crippen molar-refractivity contribution in [2.45, 2.75) is 6.92 Å². The number of carboxylic acid groups (broad SMARTS) is 1. The number of amides is 1. The van der Waals surface area contributed by atoms with Crippen LogP contribution in [-0.2, 0) is 9.59 Å². The van der Waals surface area contributed by atoms with Gasteiger partial charge in [0.2, 0.25) is 5.91 Å². The second-order valence-electron chi connectivity index (χ2n) is 4.31. The van der Waals surface area contributed by atoms with Crippen LogP contribution in [0, 0.1) is 6.92 Å². The molecular weight excluding hydrogens is 234 g/mol. The lowest BCUT2D eigenvalue weighted by Crippen LogP contribution is -2.51. The van der Waals surface area contributed by atoms with Gasteiger partial charge in [-0.05, 0) is 19.1 Å². The van der Waals surface area contributed by atoms with Crippen LogP contribution in [0.5, 0.6) is 0 Å². The fraction of sp³-hybridized carbons (Fsp3) is 0.417. The minimum atomic E-state index is -0.909. The first-order valence-electron chi connectivity index (χ1n) is 5.73. The summed E-state index contributed by atoms with van der Waals surface area (Å²) in [5, 5.41) is 8.69. The van der Waals surface area contributed by atoms with E-state index in [4.69, 9.17) is 5.11 Å². The first-order valence-corrected chi connectivity index (χ1v) is 5.73. The van der Waals surface area contributed by atoms with Crippen LogP contribution in [0.3, 0.4) is 0 Å². The van der Waals surface area contributed by atoms with Gasteiger partial charge in [-0.15, -0.1) is 0 Å². The molecule has 1 aromatic rings. The number of carbonyl (C=O) groups excluding carboxylic acids is 1. The van der Waals surface area contributed by atoms with Gasteiger partial charge in [-0.1, -0.05) is 0 Å². The zero-order chi connectivity index (χ0) is 13.1. The molecule has 1 amide bonds. The van der Waals surface area contributed by atoms with Gasteiger partial charge in [0.05, 0.1) is 25.0 Å². The van der Waals surface area contributed by atoms with Crippen molar-refractivity contribution in [3.8, 4) is 0 Å². The van der Waals surface area contributed by atoms with Crippen LogP contribution in [0.25, 0.3) is 0 Å². The molecule has 0 aromatic carbocycles. The maximum Gasteiger partial charge on any atom is 0.317 e. The van der Waals surface area contributed by atoms with Crippen LogP contribution < -0.4 is 4.90 Å². The molecule has 0 spiro atoms. The summed E-state index contributed by atoms with van der Waals surface area (Å²) in [7, 11) is 0. The Morgan fingerprint density at radius 3 is 2.78 bits per heavy atom. The van der Waals surface area contributed by atoms with Gasteiger partial charge in [0.1, 0.15) is 0 Å². The molecule has 1 saturated heterocycles. The fourth-order valence-electron chi connectivity index (χ4n) is 1.94. The number of anilines is 1. The van der Waals surface area contributed by atoms with E-state index in [1.54, 1.807) is 16.0 Å². The van der Waals surface area contributed by atoms with Crippen molar-refractivity contribution in [2.75, 3.05) is 31.1 Å². The molecule has 0 aliphatic carbocycles. The maximum atomic E-state index is 11.9. The summed E-state index contributed by atoms with van der Waals surface area (Å²) >= 11 is 0. The lowest BCUT2D eigenvalue weighted by Gasteiger charge is -2.33. The number of pyridine rings is 1. The van der Waals surface area contributed by atoms with Gasteiger partial charge < -0.3 is 10.0 Å². The molecule has 6 nitrogen and oxygen atoms in total. The Hall–Kier alpha value is -1.95. The number of aromatic nitrogens is 1. The second-order valence-corrected chi connectivity index (χ2v) is 4.31. The Labute approximate surface area is 105 Å². The number of carbonyl (C=O) groups is 2. The van der Waals surface area contributed by atoms with Gasteiger partial charge in [-0.25, -0.2) is 0 Å². The Balaban J connectivity index is 2.03. The lowest BCUT2D eigenvalue weighted by atomic mass is 10.2. The van der Waals surface area contributed by atoms with Gasteiger partial charge in [-0.3, -0.25) is 19.5 Å². The van der Waals surface area contributed by atoms with Crippen LogP contribution in [-0.4, -0.2) is 53.0 Å². The van der Waals surface area contributed by atoms with Crippen molar-refractivity contribution in [1.82, 2.24) is 9.88 Å². The topological polar surface area (TPSA) is 73.7 Å². The van der Waals surface area contributed by atoms with Crippen molar-refractivity contribution in [3.63, 3.8) is 0 Å². The predicted molar refractivity (Wildman–Crippen MR) is 65.4 cm³/mol. The van der Waals surface area contributed by atoms with Crippen molar-refractivity contribution in [1.29, 1.82) is 0 Å². The molecule has 96 valence electrons. The van der Waals surface area contributed by atoms with E-state index in [1.807, 2.05) is 19.1 Å². The van der Waals surface area contributed by atoms with E-state index in [9.17, 15) is 9.59 Å². The van der Waals surface area contributed by atoms with Crippen molar-refractivity contribution in [3.05, 3.63) is 24.0 Å². The maximum absolute atomic E-state index is 11.9. The number of piperazine rings is 1. The number of aliphatic carboxylic acids is 1. The smallest absolute Gasteiger partial charge is 0.317 e. The van der Waals surface area contributed by atoms with Crippen LogP contribution in [0.15, 0.2) is 18.3 Å². The Bertz CT molecular complexity index is 458. The van der Waals surface area contributed by atoms with Gasteiger partial charge >= 0.3 is 5.97 Å². The molecule has 0 unspecified atom stereocenters. The van der Waals surface area contributed by atoms with Gasteiger partial charge in [-0.2, -0.15) is 0 Å². The minimum Gasteiger partial charge on any atom is -0.480 e. The van der Waals surface area contributed by atoms with Crippen LogP contribution in [0.1, 0.15) is 5.69 Å². The fourth-order valence-corrected chi connectivity index (χ4v) is 1.94. The molecule has 1 aromatic heterocycles. The zero-order valence-corrected chi connectivity index (χ0v) is 10.2. The monoisotopic (exact) mass is 249 g/mol. The standard InChI is InChI=1S/C12H15N3O3/c1-9-2-3-10(6-13-9)15-5-4-14(7-11(15)16)8-12(17)18/h2-3,6H,4-5,7-8H2,1H3,(H,17,18). The number of carboxylic acids is 1. The summed E-state index contributed by atoms with van der Waals surface area (Å²) in [6.45, 7) is 2.99. The summed E-state index contributed by atoms with van der Waals surface area (Å²) in [6.07, 6.45) is 1.67. The molecule has 1 aliphatic rings.